The predicted octanol–water partition coefficient (Wildman–Crippen LogP) is 4.79. The summed E-state index contributed by atoms with van der Waals surface area (Å²) in [5.41, 5.74) is 0.488. The zero-order chi connectivity index (χ0) is 18.2. The number of aliphatic hydroxyl groups excluding tert-OH is 1. The van der Waals surface area contributed by atoms with Gasteiger partial charge in [-0.3, -0.25) is 5.32 Å². The second-order valence-corrected chi connectivity index (χ2v) is 6.96. The van der Waals surface area contributed by atoms with Crippen molar-refractivity contribution in [3.63, 3.8) is 0 Å². The molecule has 0 saturated heterocycles. The van der Waals surface area contributed by atoms with Crippen LogP contribution in [0, 0.1) is 0 Å². The van der Waals surface area contributed by atoms with Crippen LogP contribution in [0.15, 0.2) is 36.5 Å². The van der Waals surface area contributed by atoms with Crippen LogP contribution in [-0.4, -0.2) is 21.8 Å². The van der Waals surface area contributed by atoms with Gasteiger partial charge in [0.25, 0.3) is 0 Å². The lowest BCUT2D eigenvalue weighted by molar-refractivity contribution is 0.0636. The number of aliphatic hydroxyl groups is 1. The van der Waals surface area contributed by atoms with E-state index in [1.54, 1.807) is 27.0 Å². The topological polar surface area (TPSA) is 71.5 Å². The first-order valence-corrected chi connectivity index (χ1v) is 8.83. The number of thiazole rings is 1. The van der Waals surface area contributed by atoms with Crippen LogP contribution in [0.3, 0.4) is 0 Å². The predicted molar refractivity (Wildman–Crippen MR) is 98.4 cm³/mol. The van der Waals surface area contributed by atoms with E-state index in [-0.39, 0.29) is 0 Å². The van der Waals surface area contributed by atoms with Crippen LogP contribution in [0.5, 0.6) is 0 Å². The summed E-state index contributed by atoms with van der Waals surface area (Å²) in [5.74, 6) is 0. The van der Waals surface area contributed by atoms with Crippen molar-refractivity contribution in [2.45, 2.75) is 52.7 Å². The Morgan fingerprint density at radius 2 is 1.92 bits per heavy atom. The van der Waals surface area contributed by atoms with Gasteiger partial charge in [-0.25, -0.2) is 9.78 Å². The van der Waals surface area contributed by atoms with Gasteiger partial charge in [-0.1, -0.05) is 55.5 Å². The van der Waals surface area contributed by atoms with Gasteiger partial charge >= 0.3 is 6.09 Å². The fraction of sp³-hybridized carbons (Fsp3) is 0.444. The lowest BCUT2D eigenvalue weighted by Crippen LogP contribution is -2.27. The van der Waals surface area contributed by atoms with Crippen molar-refractivity contribution in [3.05, 3.63) is 47.0 Å². The Balaban J connectivity index is 0.00000139. The molecule has 0 fully saturated rings. The number of benzene rings is 1. The molecule has 1 heterocycles. The lowest BCUT2D eigenvalue weighted by atomic mass is 10.1. The van der Waals surface area contributed by atoms with Crippen LogP contribution in [0.4, 0.5) is 9.93 Å². The number of carbonyl (C=O) groups excluding carboxylic acids is 1. The molecular formula is C18H26N2O3S. The quantitative estimate of drug-likeness (QED) is 0.831. The van der Waals surface area contributed by atoms with Crippen LogP contribution in [0.2, 0.25) is 0 Å². The van der Waals surface area contributed by atoms with Crippen LogP contribution in [-0.2, 0) is 11.2 Å². The van der Waals surface area contributed by atoms with Crippen LogP contribution < -0.4 is 5.32 Å². The average molecular weight is 350 g/mol. The molecule has 0 radical (unpaired) electrons. The number of anilines is 1. The summed E-state index contributed by atoms with van der Waals surface area (Å²) in [5, 5.41) is 13.2. The molecule has 1 amide bonds. The summed E-state index contributed by atoms with van der Waals surface area (Å²) in [6.45, 7) is 9.39. The van der Waals surface area contributed by atoms with Crippen molar-refractivity contribution in [2.24, 2.45) is 0 Å². The Labute approximate surface area is 147 Å². The number of hydrogen-bond donors (Lipinski definition) is 2. The van der Waals surface area contributed by atoms with Crippen molar-refractivity contribution < 1.29 is 14.6 Å². The minimum Gasteiger partial charge on any atom is -0.444 e. The second-order valence-electron chi connectivity index (χ2n) is 5.90. The highest BCUT2D eigenvalue weighted by atomic mass is 32.1. The number of aromatic nitrogens is 1. The van der Waals surface area contributed by atoms with Gasteiger partial charge in [0.05, 0.1) is 11.0 Å². The van der Waals surface area contributed by atoms with Crippen LogP contribution in [0.25, 0.3) is 0 Å². The molecule has 5 nitrogen and oxygen atoms in total. The van der Waals surface area contributed by atoms with Gasteiger partial charge in [0, 0.05) is 12.6 Å². The number of rotatable bonds is 4. The van der Waals surface area contributed by atoms with E-state index in [1.165, 1.54) is 11.3 Å². The minimum absolute atomic E-state index is 0.413. The third kappa shape index (κ3) is 7.10. The Hall–Kier alpha value is -1.92. The summed E-state index contributed by atoms with van der Waals surface area (Å²) in [7, 11) is 0. The zero-order valence-electron chi connectivity index (χ0n) is 14.9. The van der Waals surface area contributed by atoms with Gasteiger partial charge in [-0.2, -0.15) is 0 Å². The molecule has 24 heavy (non-hydrogen) atoms. The maximum atomic E-state index is 11.7. The lowest BCUT2D eigenvalue weighted by Gasteiger charge is -2.18. The van der Waals surface area contributed by atoms with E-state index in [1.807, 2.05) is 44.2 Å². The van der Waals surface area contributed by atoms with Gasteiger partial charge in [-0.15, -0.1) is 0 Å². The molecule has 0 bridgehead atoms. The number of carbonyl (C=O) groups is 1. The fourth-order valence-electron chi connectivity index (χ4n) is 1.83. The number of hydrogen-bond acceptors (Lipinski definition) is 5. The van der Waals surface area contributed by atoms with E-state index < -0.39 is 17.8 Å². The van der Waals surface area contributed by atoms with Crippen molar-refractivity contribution in [2.75, 3.05) is 5.32 Å². The summed E-state index contributed by atoms with van der Waals surface area (Å²) >= 11 is 1.24. The number of ether oxygens (including phenoxy) is 1. The van der Waals surface area contributed by atoms with Crippen molar-refractivity contribution >= 4 is 22.6 Å². The molecule has 0 aliphatic rings. The monoisotopic (exact) mass is 350 g/mol. The summed E-state index contributed by atoms with van der Waals surface area (Å²) in [6, 6.07) is 9.73. The van der Waals surface area contributed by atoms with Crippen LogP contribution >= 0.6 is 11.3 Å². The first-order chi connectivity index (χ1) is 11.3. The molecule has 132 valence electrons. The maximum Gasteiger partial charge on any atom is 0.413 e. The Kier molecular flexibility index (Phi) is 7.88. The SMILES string of the molecule is CC.CC(C)(C)OC(=O)Nc1ncc(C(O)Cc2ccccc2)s1. The standard InChI is InChI=1S/C16H20N2O3S.C2H6/c1-16(2,3)21-15(20)18-14-17-10-13(22-14)12(19)9-11-7-5-4-6-8-11;1-2/h4-8,10,12,19H,9H2,1-3H3,(H,17,18,20);1-2H3. The first kappa shape index (κ1) is 20.1. The van der Waals surface area contributed by atoms with Gasteiger partial charge in [0.1, 0.15) is 5.60 Å². The summed E-state index contributed by atoms with van der Waals surface area (Å²) < 4.78 is 5.16. The molecule has 1 unspecified atom stereocenters. The molecule has 1 atom stereocenters. The number of nitrogens with zero attached hydrogens (tertiary/aromatic N) is 1. The van der Waals surface area contributed by atoms with Gasteiger partial charge < -0.3 is 9.84 Å². The van der Waals surface area contributed by atoms with Crippen molar-refractivity contribution in [1.82, 2.24) is 4.98 Å². The molecule has 1 aromatic carbocycles. The Morgan fingerprint density at radius 1 is 1.29 bits per heavy atom. The van der Waals surface area contributed by atoms with Gasteiger partial charge in [-0.05, 0) is 26.3 Å². The summed E-state index contributed by atoms with van der Waals surface area (Å²) in [4.78, 5) is 16.5. The first-order valence-electron chi connectivity index (χ1n) is 8.01. The van der Waals surface area contributed by atoms with E-state index in [4.69, 9.17) is 4.74 Å². The Bertz CT molecular complexity index is 621. The molecule has 0 aliphatic heterocycles. The molecule has 2 N–H and O–H groups in total. The highest BCUT2D eigenvalue weighted by molar-refractivity contribution is 7.15. The van der Waals surface area contributed by atoms with Crippen molar-refractivity contribution in [1.29, 1.82) is 0 Å². The van der Waals surface area contributed by atoms with E-state index in [0.29, 0.717) is 16.4 Å². The highest BCUT2D eigenvalue weighted by Gasteiger charge is 2.18. The molecule has 0 spiro atoms. The van der Waals surface area contributed by atoms with E-state index >= 15 is 0 Å². The molecule has 2 rings (SSSR count). The normalized spacial score (nSPS) is 11.9. The molecular weight excluding hydrogens is 324 g/mol. The zero-order valence-corrected chi connectivity index (χ0v) is 15.7. The summed E-state index contributed by atoms with van der Waals surface area (Å²) in [6.07, 6.45) is 0.889. The molecule has 6 heteroatoms. The fourth-order valence-corrected chi connectivity index (χ4v) is 2.62. The molecule has 1 aromatic heterocycles. The van der Waals surface area contributed by atoms with E-state index in [2.05, 4.69) is 10.3 Å². The van der Waals surface area contributed by atoms with Gasteiger partial charge in [0.2, 0.25) is 0 Å². The van der Waals surface area contributed by atoms with Gasteiger partial charge in [0.15, 0.2) is 5.13 Å². The molecule has 0 saturated carbocycles. The van der Waals surface area contributed by atoms with Crippen LogP contribution in [0.1, 0.15) is 51.2 Å². The molecule has 2 aromatic rings. The highest BCUT2D eigenvalue weighted by Crippen LogP contribution is 2.27. The maximum absolute atomic E-state index is 11.7. The third-order valence-corrected chi connectivity index (χ3v) is 3.75. The number of amides is 1. The average Bonchev–Trinajstić information content (AvgIpc) is 2.97. The number of nitrogens with one attached hydrogen (secondary N) is 1. The van der Waals surface area contributed by atoms with E-state index in [0.717, 1.165) is 5.56 Å². The largest absolute Gasteiger partial charge is 0.444 e. The van der Waals surface area contributed by atoms with Crippen molar-refractivity contribution in [3.8, 4) is 0 Å². The van der Waals surface area contributed by atoms with E-state index in [9.17, 15) is 9.90 Å². The minimum atomic E-state index is -0.644. The second kappa shape index (κ2) is 9.39. The molecule has 0 aliphatic carbocycles. The smallest absolute Gasteiger partial charge is 0.413 e. The third-order valence-electron chi connectivity index (χ3n) is 2.73. The Morgan fingerprint density at radius 3 is 2.50 bits per heavy atom.